The third-order valence-corrected chi connectivity index (χ3v) is 3.11. The minimum atomic E-state index is -0.988. The molecule has 0 saturated heterocycles. The summed E-state index contributed by atoms with van der Waals surface area (Å²) in [4.78, 5) is 11.3. The maximum atomic E-state index is 11.3. The Morgan fingerprint density at radius 2 is 2.05 bits per heavy atom. The number of ether oxygens (including phenoxy) is 2. The van der Waals surface area contributed by atoms with Crippen molar-refractivity contribution >= 4 is 5.97 Å². The van der Waals surface area contributed by atoms with Crippen LogP contribution in [-0.4, -0.2) is 27.6 Å². The predicted octanol–water partition coefficient (Wildman–Crippen LogP) is 2.56. The number of nitrogens with zero attached hydrogens (tertiary/aromatic N) is 2. The standard InChI is InChI=1S/C14H14N2O4/c1-8(2)16-11(14(17)18)6-10(15-16)9-3-4-12-13(5-9)20-7-19-12/h3-6,8H,7H2,1-2H3,(H,17,18). The van der Waals surface area contributed by atoms with Crippen LogP contribution in [0.15, 0.2) is 24.3 Å². The van der Waals surface area contributed by atoms with Crippen molar-refractivity contribution in [2.24, 2.45) is 0 Å². The summed E-state index contributed by atoms with van der Waals surface area (Å²) in [7, 11) is 0. The number of carboxylic acid groups (broad SMARTS) is 1. The van der Waals surface area contributed by atoms with Gasteiger partial charge < -0.3 is 14.6 Å². The number of carbonyl (C=O) groups is 1. The number of hydrogen-bond acceptors (Lipinski definition) is 4. The van der Waals surface area contributed by atoms with Crippen LogP contribution in [0.3, 0.4) is 0 Å². The average Bonchev–Trinajstić information content (AvgIpc) is 3.04. The number of fused-ring (bicyclic) bond motifs is 1. The fourth-order valence-corrected chi connectivity index (χ4v) is 2.14. The van der Waals surface area contributed by atoms with E-state index in [9.17, 15) is 9.90 Å². The second kappa shape index (κ2) is 4.56. The van der Waals surface area contributed by atoms with Gasteiger partial charge in [0.05, 0.1) is 5.69 Å². The first-order valence-electron chi connectivity index (χ1n) is 6.29. The lowest BCUT2D eigenvalue weighted by molar-refractivity contribution is 0.0681. The molecule has 1 aromatic heterocycles. The molecule has 1 N–H and O–H groups in total. The first-order valence-corrected chi connectivity index (χ1v) is 6.29. The van der Waals surface area contributed by atoms with Crippen molar-refractivity contribution in [3.8, 4) is 22.8 Å². The smallest absolute Gasteiger partial charge is 0.354 e. The van der Waals surface area contributed by atoms with Crippen LogP contribution >= 0.6 is 0 Å². The van der Waals surface area contributed by atoms with Crippen LogP contribution < -0.4 is 9.47 Å². The van der Waals surface area contributed by atoms with Crippen LogP contribution in [-0.2, 0) is 0 Å². The van der Waals surface area contributed by atoms with Gasteiger partial charge in [0, 0.05) is 11.6 Å². The number of carboxylic acids is 1. The SMILES string of the molecule is CC(C)n1nc(-c2ccc3c(c2)OCO3)cc1C(=O)O. The molecule has 0 atom stereocenters. The minimum absolute atomic E-state index is 0.0242. The molecule has 0 fully saturated rings. The molecule has 2 heterocycles. The zero-order valence-corrected chi connectivity index (χ0v) is 11.2. The van der Waals surface area contributed by atoms with Gasteiger partial charge in [-0.25, -0.2) is 4.79 Å². The van der Waals surface area contributed by atoms with Gasteiger partial charge in [0.2, 0.25) is 6.79 Å². The third kappa shape index (κ3) is 1.99. The summed E-state index contributed by atoms with van der Waals surface area (Å²) in [5.41, 5.74) is 1.58. The van der Waals surface area contributed by atoms with Crippen LogP contribution in [0.25, 0.3) is 11.3 Å². The van der Waals surface area contributed by atoms with Gasteiger partial charge >= 0.3 is 5.97 Å². The lowest BCUT2D eigenvalue weighted by atomic mass is 10.1. The van der Waals surface area contributed by atoms with E-state index in [1.165, 1.54) is 4.68 Å². The van der Waals surface area contributed by atoms with Crippen LogP contribution in [0.2, 0.25) is 0 Å². The highest BCUT2D eigenvalue weighted by atomic mass is 16.7. The number of hydrogen-bond donors (Lipinski definition) is 1. The molecule has 20 heavy (non-hydrogen) atoms. The highest BCUT2D eigenvalue weighted by molar-refractivity contribution is 5.87. The molecule has 0 unspecified atom stereocenters. The van der Waals surface area contributed by atoms with Gasteiger partial charge in [0.1, 0.15) is 5.69 Å². The van der Waals surface area contributed by atoms with Crippen molar-refractivity contribution in [2.45, 2.75) is 19.9 Å². The largest absolute Gasteiger partial charge is 0.477 e. The molecular formula is C14H14N2O4. The molecule has 1 aromatic carbocycles. The molecular weight excluding hydrogens is 260 g/mol. The lowest BCUT2D eigenvalue weighted by Crippen LogP contribution is -2.11. The van der Waals surface area contributed by atoms with E-state index in [1.807, 2.05) is 19.9 Å². The monoisotopic (exact) mass is 274 g/mol. The molecule has 3 rings (SSSR count). The summed E-state index contributed by atoms with van der Waals surface area (Å²) in [5.74, 6) is 0.354. The Morgan fingerprint density at radius 3 is 2.70 bits per heavy atom. The van der Waals surface area contributed by atoms with Crippen molar-refractivity contribution in [1.82, 2.24) is 9.78 Å². The predicted molar refractivity (Wildman–Crippen MR) is 71.1 cm³/mol. The zero-order valence-electron chi connectivity index (χ0n) is 11.2. The van der Waals surface area contributed by atoms with E-state index < -0.39 is 5.97 Å². The van der Waals surface area contributed by atoms with Crippen molar-refractivity contribution in [3.63, 3.8) is 0 Å². The summed E-state index contributed by atoms with van der Waals surface area (Å²) in [6, 6.07) is 6.99. The summed E-state index contributed by atoms with van der Waals surface area (Å²) in [6.07, 6.45) is 0. The van der Waals surface area contributed by atoms with E-state index in [2.05, 4.69) is 5.10 Å². The molecule has 6 nitrogen and oxygen atoms in total. The molecule has 0 radical (unpaired) electrons. The van der Waals surface area contributed by atoms with Gasteiger partial charge in [0.25, 0.3) is 0 Å². The van der Waals surface area contributed by atoms with Crippen molar-refractivity contribution in [1.29, 1.82) is 0 Å². The third-order valence-electron chi connectivity index (χ3n) is 3.11. The summed E-state index contributed by atoms with van der Waals surface area (Å²) >= 11 is 0. The summed E-state index contributed by atoms with van der Waals surface area (Å²) in [6.45, 7) is 3.99. The highest BCUT2D eigenvalue weighted by Gasteiger charge is 2.19. The van der Waals surface area contributed by atoms with E-state index in [0.717, 1.165) is 5.56 Å². The fourth-order valence-electron chi connectivity index (χ4n) is 2.14. The molecule has 1 aliphatic heterocycles. The Hall–Kier alpha value is -2.50. The highest BCUT2D eigenvalue weighted by Crippen LogP contribution is 2.35. The molecule has 0 amide bonds. The Bertz CT molecular complexity index is 676. The number of aromatic nitrogens is 2. The first kappa shape index (κ1) is 12.5. The summed E-state index contributed by atoms with van der Waals surface area (Å²) in [5, 5.41) is 13.6. The Balaban J connectivity index is 2.06. The molecule has 0 aliphatic carbocycles. The Labute approximate surface area is 115 Å². The van der Waals surface area contributed by atoms with Crippen molar-refractivity contribution in [2.75, 3.05) is 6.79 Å². The van der Waals surface area contributed by atoms with E-state index >= 15 is 0 Å². The maximum Gasteiger partial charge on any atom is 0.354 e. The van der Waals surface area contributed by atoms with Crippen LogP contribution in [0.1, 0.15) is 30.4 Å². The molecule has 0 bridgehead atoms. The molecule has 2 aromatic rings. The van der Waals surface area contributed by atoms with Gasteiger partial charge in [0.15, 0.2) is 11.5 Å². The van der Waals surface area contributed by atoms with Gasteiger partial charge in [-0.3, -0.25) is 4.68 Å². The van der Waals surface area contributed by atoms with E-state index in [-0.39, 0.29) is 18.5 Å². The van der Waals surface area contributed by atoms with Crippen LogP contribution in [0.5, 0.6) is 11.5 Å². The Morgan fingerprint density at radius 1 is 1.30 bits per heavy atom. The zero-order chi connectivity index (χ0) is 14.3. The van der Waals surface area contributed by atoms with Crippen molar-refractivity contribution in [3.05, 3.63) is 30.0 Å². The van der Waals surface area contributed by atoms with E-state index in [0.29, 0.717) is 17.2 Å². The first-order chi connectivity index (χ1) is 9.56. The molecule has 6 heteroatoms. The second-order valence-electron chi connectivity index (χ2n) is 4.83. The number of aromatic carboxylic acids is 1. The average molecular weight is 274 g/mol. The molecule has 0 saturated carbocycles. The van der Waals surface area contributed by atoms with Gasteiger partial charge in [-0.15, -0.1) is 0 Å². The normalized spacial score (nSPS) is 12.9. The quantitative estimate of drug-likeness (QED) is 0.931. The van der Waals surface area contributed by atoms with E-state index in [4.69, 9.17) is 9.47 Å². The van der Waals surface area contributed by atoms with E-state index in [1.54, 1.807) is 18.2 Å². The second-order valence-corrected chi connectivity index (χ2v) is 4.83. The number of rotatable bonds is 3. The van der Waals surface area contributed by atoms with Crippen molar-refractivity contribution < 1.29 is 19.4 Å². The lowest BCUT2D eigenvalue weighted by Gasteiger charge is -2.07. The number of benzene rings is 1. The van der Waals surface area contributed by atoms with Gasteiger partial charge in [-0.2, -0.15) is 5.10 Å². The van der Waals surface area contributed by atoms with Gasteiger partial charge in [-0.1, -0.05) is 0 Å². The Kier molecular flexibility index (Phi) is 2.85. The fraction of sp³-hybridized carbons (Fsp3) is 0.286. The summed E-state index contributed by atoms with van der Waals surface area (Å²) < 4.78 is 12.1. The van der Waals surface area contributed by atoms with Gasteiger partial charge in [-0.05, 0) is 38.1 Å². The molecule has 1 aliphatic rings. The van der Waals surface area contributed by atoms with Crippen LogP contribution in [0, 0.1) is 0 Å². The maximum absolute atomic E-state index is 11.3. The van der Waals surface area contributed by atoms with Crippen LogP contribution in [0.4, 0.5) is 0 Å². The minimum Gasteiger partial charge on any atom is -0.477 e. The molecule has 0 spiro atoms. The topological polar surface area (TPSA) is 73.6 Å². The molecule has 104 valence electrons.